The molecule has 7 nitrogen and oxygen atoms in total. The van der Waals surface area contributed by atoms with E-state index in [2.05, 4.69) is 10.6 Å². The Balaban J connectivity index is 1.36. The maximum atomic E-state index is 12.8. The average Bonchev–Trinajstić information content (AvgIpc) is 3.26. The molecule has 0 saturated carbocycles. The van der Waals surface area contributed by atoms with Crippen molar-refractivity contribution in [3.8, 4) is 5.75 Å². The van der Waals surface area contributed by atoms with Gasteiger partial charge in [0.05, 0.1) is 13.0 Å². The van der Waals surface area contributed by atoms with E-state index in [1.807, 2.05) is 31.2 Å². The number of nitrogens with zero attached hydrogens (tertiary/aromatic N) is 1. The van der Waals surface area contributed by atoms with E-state index in [0.717, 1.165) is 17.7 Å². The van der Waals surface area contributed by atoms with Crippen LogP contribution < -0.4 is 20.3 Å². The van der Waals surface area contributed by atoms with Crippen LogP contribution in [0, 0.1) is 5.92 Å². The second kappa shape index (κ2) is 10.2. The number of aryl methyl sites for hydroxylation is 1. The Morgan fingerprint density at radius 2 is 1.59 bits per heavy atom. The topological polar surface area (TPSA) is 87.7 Å². The maximum Gasteiger partial charge on any atom is 0.255 e. The monoisotopic (exact) mass is 457 g/mol. The van der Waals surface area contributed by atoms with Crippen LogP contribution in [0.5, 0.6) is 5.75 Å². The van der Waals surface area contributed by atoms with Gasteiger partial charge in [-0.2, -0.15) is 0 Å². The number of anilines is 3. The Labute approximate surface area is 198 Å². The van der Waals surface area contributed by atoms with Crippen LogP contribution in [0.2, 0.25) is 0 Å². The SMILES string of the molecule is CCc1ccccc1N1CC(C(=O)Nc2ccc(C(=O)Nc3ccc(OC)cc3)cc2)CC1=O. The van der Waals surface area contributed by atoms with Crippen molar-refractivity contribution in [2.24, 2.45) is 5.92 Å². The Hall–Kier alpha value is -4.13. The summed E-state index contributed by atoms with van der Waals surface area (Å²) in [5, 5.41) is 5.69. The van der Waals surface area contributed by atoms with E-state index in [1.54, 1.807) is 60.5 Å². The van der Waals surface area contributed by atoms with Crippen LogP contribution in [0.15, 0.2) is 72.8 Å². The van der Waals surface area contributed by atoms with E-state index >= 15 is 0 Å². The highest BCUT2D eigenvalue weighted by Crippen LogP contribution is 2.29. The lowest BCUT2D eigenvalue weighted by molar-refractivity contribution is -0.122. The third kappa shape index (κ3) is 5.09. The molecule has 2 N–H and O–H groups in total. The molecule has 1 fully saturated rings. The molecule has 7 heteroatoms. The first kappa shape index (κ1) is 23.0. The van der Waals surface area contributed by atoms with Crippen molar-refractivity contribution in [2.75, 3.05) is 29.2 Å². The molecular formula is C27H27N3O4. The number of carbonyl (C=O) groups excluding carboxylic acids is 3. The molecule has 4 rings (SSSR count). The summed E-state index contributed by atoms with van der Waals surface area (Å²) in [4.78, 5) is 39.6. The molecule has 0 radical (unpaired) electrons. The molecule has 174 valence electrons. The highest BCUT2D eigenvalue weighted by Gasteiger charge is 2.35. The largest absolute Gasteiger partial charge is 0.497 e. The minimum Gasteiger partial charge on any atom is -0.497 e. The molecule has 1 atom stereocenters. The zero-order chi connectivity index (χ0) is 24.1. The number of hydrogen-bond acceptors (Lipinski definition) is 4. The van der Waals surface area contributed by atoms with E-state index in [0.29, 0.717) is 29.2 Å². The van der Waals surface area contributed by atoms with Gasteiger partial charge in [-0.15, -0.1) is 0 Å². The summed E-state index contributed by atoms with van der Waals surface area (Å²) in [6, 6.07) is 21.5. The Kier molecular flexibility index (Phi) is 6.92. The molecule has 3 aromatic rings. The molecule has 1 aliphatic rings. The Bertz CT molecular complexity index is 1190. The number of methoxy groups -OCH3 is 1. The van der Waals surface area contributed by atoms with Gasteiger partial charge < -0.3 is 20.3 Å². The molecule has 0 aromatic heterocycles. The van der Waals surface area contributed by atoms with Gasteiger partial charge in [-0.1, -0.05) is 25.1 Å². The minimum absolute atomic E-state index is 0.0494. The lowest BCUT2D eigenvalue weighted by Gasteiger charge is -2.20. The molecule has 3 amide bonds. The summed E-state index contributed by atoms with van der Waals surface area (Å²) in [6.07, 6.45) is 0.988. The summed E-state index contributed by atoms with van der Waals surface area (Å²) in [7, 11) is 1.58. The molecule has 0 spiro atoms. The maximum absolute atomic E-state index is 12.8. The van der Waals surface area contributed by atoms with Crippen LogP contribution in [0.3, 0.4) is 0 Å². The predicted octanol–water partition coefficient (Wildman–Crippen LogP) is 4.50. The van der Waals surface area contributed by atoms with Crippen LogP contribution in [0.25, 0.3) is 0 Å². The van der Waals surface area contributed by atoms with Crippen molar-refractivity contribution >= 4 is 34.8 Å². The van der Waals surface area contributed by atoms with Gasteiger partial charge in [0, 0.05) is 35.6 Å². The standard InChI is InChI=1S/C27H27N3O4/c1-3-18-6-4-5-7-24(18)30-17-20(16-25(30)31)27(33)29-21-10-8-19(9-11-21)26(32)28-22-12-14-23(34-2)15-13-22/h4-15,20H,3,16-17H2,1-2H3,(H,28,32)(H,29,33). The molecule has 34 heavy (non-hydrogen) atoms. The van der Waals surface area contributed by atoms with Gasteiger partial charge in [0.15, 0.2) is 0 Å². The summed E-state index contributed by atoms with van der Waals surface area (Å²) in [5.74, 6) is -0.239. The predicted molar refractivity (Wildman–Crippen MR) is 132 cm³/mol. The van der Waals surface area contributed by atoms with Crippen molar-refractivity contribution in [3.05, 3.63) is 83.9 Å². The lowest BCUT2D eigenvalue weighted by atomic mass is 10.1. The molecule has 0 aliphatic carbocycles. The van der Waals surface area contributed by atoms with Gasteiger partial charge in [-0.25, -0.2) is 0 Å². The van der Waals surface area contributed by atoms with Gasteiger partial charge >= 0.3 is 0 Å². The first-order valence-corrected chi connectivity index (χ1v) is 11.2. The fraction of sp³-hybridized carbons (Fsp3) is 0.222. The molecule has 1 unspecified atom stereocenters. The fourth-order valence-corrected chi connectivity index (χ4v) is 4.02. The van der Waals surface area contributed by atoms with Crippen molar-refractivity contribution in [1.82, 2.24) is 0 Å². The summed E-state index contributed by atoms with van der Waals surface area (Å²) < 4.78 is 5.12. The smallest absolute Gasteiger partial charge is 0.255 e. The molecule has 1 saturated heterocycles. The van der Waals surface area contributed by atoms with Crippen LogP contribution in [0.4, 0.5) is 17.1 Å². The van der Waals surface area contributed by atoms with Crippen LogP contribution >= 0.6 is 0 Å². The molecule has 1 aliphatic heterocycles. The molecule has 3 aromatic carbocycles. The number of carbonyl (C=O) groups is 3. The van der Waals surface area contributed by atoms with Crippen LogP contribution in [-0.4, -0.2) is 31.4 Å². The zero-order valence-electron chi connectivity index (χ0n) is 19.2. The van der Waals surface area contributed by atoms with Gasteiger partial charge in [0.25, 0.3) is 5.91 Å². The molecular weight excluding hydrogens is 430 g/mol. The number of amides is 3. The summed E-state index contributed by atoms with van der Waals surface area (Å²) >= 11 is 0. The second-order valence-corrected chi connectivity index (χ2v) is 8.14. The second-order valence-electron chi connectivity index (χ2n) is 8.14. The van der Waals surface area contributed by atoms with Crippen molar-refractivity contribution < 1.29 is 19.1 Å². The van der Waals surface area contributed by atoms with E-state index in [9.17, 15) is 14.4 Å². The van der Waals surface area contributed by atoms with Gasteiger partial charge in [-0.05, 0) is 66.6 Å². The average molecular weight is 458 g/mol. The normalized spacial score (nSPS) is 15.2. The van der Waals surface area contributed by atoms with Gasteiger partial charge in [0.2, 0.25) is 11.8 Å². The lowest BCUT2D eigenvalue weighted by Crippen LogP contribution is -2.28. The van der Waals surface area contributed by atoms with Crippen LogP contribution in [0.1, 0.15) is 29.3 Å². The van der Waals surface area contributed by atoms with E-state index < -0.39 is 5.92 Å². The first-order valence-electron chi connectivity index (χ1n) is 11.2. The minimum atomic E-state index is -0.435. The van der Waals surface area contributed by atoms with Crippen molar-refractivity contribution in [1.29, 1.82) is 0 Å². The van der Waals surface area contributed by atoms with E-state index in [-0.39, 0.29) is 24.1 Å². The van der Waals surface area contributed by atoms with E-state index in [1.165, 1.54) is 0 Å². The quantitative estimate of drug-likeness (QED) is 0.547. The summed E-state index contributed by atoms with van der Waals surface area (Å²) in [6.45, 7) is 2.40. The van der Waals surface area contributed by atoms with Gasteiger partial charge in [-0.3, -0.25) is 14.4 Å². The highest BCUT2D eigenvalue weighted by atomic mass is 16.5. The van der Waals surface area contributed by atoms with E-state index in [4.69, 9.17) is 4.74 Å². The zero-order valence-corrected chi connectivity index (χ0v) is 19.2. The number of rotatable bonds is 7. The number of para-hydroxylation sites is 1. The molecule has 1 heterocycles. The third-order valence-electron chi connectivity index (χ3n) is 5.92. The van der Waals surface area contributed by atoms with Gasteiger partial charge in [0.1, 0.15) is 5.75 Å². The first-order chi connectivity index (χ1) is 16.5. The third-order valence-corrected chi connectivity index (χ3v) is 5.92. The number of hydrogen-bond donors (Lipinski definition) is 2. The Morgan fingerprint density at radius 3 is 2.26 bits per heavy atom. The number of ether oxygens (including phenoxy) is 1. The van der Waals surface area contributed by atoms with Crippen molar-refractivity contribution in [3.63, 3.8) is 0 Å². The number of nitrogens with one attached hydrogen (secondary N) is 2. The summed E-state index contributed by atoms with van der Waals surface area (Å²) in [5.41, 5.74) is 3.65. The Morgan fingerprint density at radius 1 is 0.941 bits per heavy atom. The van der Waals surface area contributed by atoms with Crippen LogP contribution in [-0.2, 0) is 16.0 Å². The number of benzene rings is 3. The fourth-order valence-electron chi connectivity index (χ4n) is 4.02. The molecule has 0 bridgehead atoms. The van der Waals surface area contributed by atoms with Crippen molar-refractivity contribution in [2.45, 2.75) is 19.8 Å². The highest BCUT2D eigenvalue weighted by molar-refractivity contribution is 6.06.